The highest BCUT2D eigenvalue weighted by molar-refractivity contribution is 7.12. The first-order chi connectivity index (χ1) is 15.6. The maximum Gasteiger partial charge on any atom is 0.278 e. The van der Waals surface area contributed by atoms with Crippen LogP contribution in [0.15, 0.2) is 34.6 Å². The SMILES string of the molecule is CC(C)n1c(=O)c2cnc(Nc3ccc4c(c3)CCNC4)nc2n1-c1nc(C2CC2)cs1. The number of thiazole rings is 1. The third-order valence-electron chi connectivity index (χ3n) is 6.15. The van der Waals surface area contributed by atoms with E-state index < -0.39 is 0 Å². The largest absolute Gasteiger partial charge is 0.324 e. The van der Waals surface area contributed by atoms with Crippen LogP contribution in [-0.4, -0.2) is 30.9 Å². The second-order valence-corrected chi connectivity index (χ2v) is 9.69. The number of fused-ring (bicyclic) bond motifs is 2. The van der Waals surface area contributed by atoms with E-state index in [0.717, 1.165) is 36.0 Å². The molecule has 4 heterocycles. The van der Waals surface area contributed by atoms with Gasteiger partial charge in [0.15, 0.2) is 5.65 Å². The normalized spacial score (nSPS) is 16.0. The molecule has 0 radical (unpaired) electrons. The monoisotopic (exact) mass is 447 g/mol. The topological polar surface area (TPSA) is 89.7 Å². The van der Waals surface area contributed by atoms with Gasteiger partial charge >= 0.3 is 0 Å². The van der Waals surface area contributed by atoms with Crippen LogP contribution in [0, 0.1) is 0 Å². The van der Waals surface area contributed by atoms with Gasteiger partial charge in [0.2, 0.25) is 11.1 Å². The fraction of sp³-hybridized carbons (Fsp3) is 0.391. The molecule has 1 aromatic carbocycles. The number of nitrogens with one attached hydrogen (secondary N) is 2. The average molecular weight is 448 g/mol. The van der Waals surface area contributed by atoms with Crippen molar-refractivity contribution in [2.45, 2.75) is 51.6 Å². The van der Waals surface area contributed by atoms with Crippen LogP contribution in [0.2, 0.25) is 0 Å². The van der Waals surface area contributed by atoms with Crippen LogP contribution >= 0.6 is 11.3 Å². The van der Waals surface area contributed by atoms with E-state index in [9.17, 15) is 4.79 Å². The van der Waals surface area contributed by atoms with Crippen molar-refractivity contribution in [3.8, 4) is 5.13 Å². The molecule has 0 unspecified atom stereocenters. The van der Waals surface area contributed by atoms with Crippen molar-refractivity contribution in [3.63, 3.8) is 0 Å². The molecule has 0 bridgehead atoms. The molecular formula is C23H25N7OS. The van der Waals surface area contributed by atoms with Gasteiger partial charge in [-0.25, -0.2) is 19.3 Å². The van der Waals surface area contributed by atoms with Crippen molar-refractivity contribution >= 4 is 34.0 Å². The molecule has 0 spiro atoms. The minimum atomic E-state index is -0.0917. The summed E-state index contributed by atoms with van der Waals surface area (Å²) in [5.74, 6) is 1.03. The number of benzene rings is 1. The molecule has 1 aliphatic carbocycles. The lowest BCUT2D eigenvalue weighted by atomic mass is 10.0. The van der Waals surface area contributed by atoms with E-state index in [0.29, 0.717) is 22.9 Å². The smallest absolute Gasteiger partial charge is 0.278 e. The zero-order valence-corrected chi connectivity index (χ0v) is 18.9. The second-order valence-electron chi connectivity index (χ2n) is 8.85. The first-order valence-corrected chi connectivity index (χ1v) is 12.0. The Hall–Kier alpha value is -3.04. The Morgan fingerprint density at radius 1 is 1.22 bits per heavy atom. The van der Waals surface area contributed by atoms with Gasteiger partial charge in [-0.15, -0.1) is 11.3 Å². The Labute approximate surface area is 189 Å². The quantitative estimate of drug-likeness (QED) is 0.483. The molecule has 3 aromatic heterocycles. The van der Waals surface area contributed by atoms with Crippen molar-refractivity contribution < 1.29 is 0 Å². The molecule has 0 amide bonds. The van der Waals surface area contributed by atoms with E-state index >= 15 is 0 Å². The van der Waals surface area contributed by atoms with Crippen molar-refractivity contribution in [2.75, 3.05) is 11.9 Å². The number of rotatable bonds is 5. The van der Waals surface area contributed by atoms with Gasteiger partial charge in [0, 0.05) is 35.8 Å². The van der Waals surface area contributed by atoms with Gasteiger partial charge in [0.1, 0.15) is 5.39 Å². The Balaban J connectivity index is 1.44. The third-order valence-corrected chi connectivity index (χ3v) is 6.98. The first kappa shape index (κ1) is 19.6. The van der Waals surface area contributed by atoms with Crippen LogP contribution in [0.4, 0.5) is 11.6 Å². The van der Waals surface area contributed by atoms with E-state index in [1.807, 2.05) is 18.5 Å². The average Bonchev–Trinajstić information content (AvgIpc) is 3.46. The Bertz CT molecular complexity index is 1380. The molecule has 9 heteroatoms. The highest BCUT2D eigenvalue weighted by Crippen LogP contribution is 2.40. The van der Waals surface area contributed by atoms with Gasteiger partial charge in [-0.3, -0.25) is 4.79 Å². The fourth-order valence-electron chi connectivity index (χ4n) is 4.33. The summed E-state index contributed by atoms with van der Waals surface area (Å²) in [6.07, 6.45) is 5.02. The molecule has 32 heavy (non-hydrogen) atoms. The summed E-state index contributed by atoms with van der Waals surface area (Å²) in [5, 5.41) is 10.1. The maximum atomic E-state index is 13.2. The summed E-state index contributed by atoms with van der Waals surface area (Å²) in [4.78, 5) is 27.2. The summed E-state index contributed by atoms with van der Waals surface area (Å²) < 4.78 is 3.59. The van der Waals surface area contributed by atoms with Crippen LogP contribution in [0.1, 0.15) is 55.5 Å². The highest BCUT2D eigenvalue weighted by atomic mass is 32.1. The maximum absolute atomic E-state index is 13.2. The van der Waals surface area contributed by atoms with Crippen molar-refractivity contribution in [2.24, 2.45) is 0 Å². The van der Waals surface area contributed by atoms with Crippen LogP contribution in [-0.2, 0) is 13.0 Å². The van der Waals surface area contributed by atoms with Crippen LogP contribution < -0.4 is 16.2 Å². The lowest BCUT2D eigenvalue weighted by Crippen LogP contribution is -2.24. The van der Waals surface area contributed by atoms with Crippen molar-refractivity contribution in [3.05, 3.63) is 57.0 Å². The van der Waals surface area contributed by atoms with Crippen molar-refractivity contribution in [1.29, 1.82) is 0 Å². The molecule has 6 rings (SSSR count). The number of hydrogen-bond donors (Lipinski definition) is 2. The second kappa shape index (κ2) is 7.53. The molecular weight excluding hydrogens is 422 g/mol. The van der Waals surface area contributed by atoms with Crippen LogP contribution in [0.25, 0.3) is 16.2 Å². The molecule has 1 saturated carbocycles. The van der Waals surface area contributed by atoms with E-state index in [1.165, 1.54) is 24.0 Å². The van der Waals surface area contributed by atoms with E-state index in [-0.39, 0.29) is 11.6 Å². The minimum absolute atomic E-state index is 0.0318. The van der Waals surface area contributed by atoms with E-state index in [1.54, 1.807) is 22.2 Å². The number of anilines is 2. The molecule has 1 fully saturated rings. The molecule has 1 aliphatic heterocycles. The van der Waals surface area contributed by atoms with Gasteiger partial charge < -0.3 is 10.6 Å². The third kappa shape index (κ3) is 3.32. The molecule has 0 atom stereocenters. The van der Waals surface area contributed by atoms with Crippen LogP contribution in [0.5, 0.6) is 0 Å². The molecule has 164 valence electrons. The number of aromatic nitrogens is 5. The lowest BCUT2D eigenvalue weighted by molar-refractivity contribution is 0.475. The molecule has 4 aromatic rings. The number of nitrogens with zero attached hydrogens (tertiary/aromatic N) is 5. The lowest BCUT2D eigenvalue weighted by Gasteiger charge is -2.18. The van der Waals surface area contributed by atoms with Gasteiger partial charge in [0.25, 0.3) is 5.56 Å². The fourth-order valence-corrected chi connectivity index (χ4v) is 5.24. The summed E-state index contributed by atoms with van der Waals surface area (Å²) in [5.41, 5.74) is 5.23. The standard InChI is InChI=1S/C23H25N7OS/c1-13(2)29-21(31)18-11-25-22(26-17-6-5-16-10-24-8-7-15(16)9-17)28-20(18)30(29)23-27-19(12-32-23)14-3-4-14/h5-6,9,11-14,24H,3-4,7-8,10H2,1-2H3,(H,25,26,28). The summed E-state index contributed by atoms with van der Waals surface area (Å²) in [6.45, 7) is 5.90. The minimum Gasteiger partial charge on any atom is -0.324 e. The summed E-state index contributed by atoms with van der Waals surface area (Å²) >= 11 is 1.56. The Kier molecular flexibility index (Phi) is 4.62. The van der Waals surface area contributed by atoms with Gasteiger partial charge in [-0.2, -0.15) is 4.98 Å². The molecule has 0 saturated heterocycles. The Morgan fingerprint density at radius 2 is 2.09 bits per heavy atom. The number of hydrogen-bond acceptors (Lipinski definition) is 7. The predicted molar refractivity (Wildman–Crippen MR) is 126 cm³/mol. The summed E-state index contributed by atoms with van der Waals surface area (Å²) in [7, 11) is 0. The molecule has 8 nitrogen and oxygen atoms in total. The zero-order chi connectivity index (χ0) is 21.8. The van der Waals surface area contributed by atoms with E-state index in [4.69, 9.17) is 9.97 Å². The van der Waals surface area contributed by atoms with Gasteiger partial charge in [-0.05, 0) is 62.9 Å². The van der Waals surface area contributed by atoms with E-state index in [2.05, 4.69) is 39.2 Å². The van der Waals surface area contributed by atoms with Crippen LogP contribution in [0.3, 0.4) is 0 Å². The van der Waals surface area contributed by atoms with Crippen molar-refractivity contribution in [1.82, 2.24) is 29.6 Å². The zero-order valence-electron chi connectivity index (χ0n) is 18.1. The first-order valence-electron chi connectivity index (χ1n) is 11.1. The molecule has 2 N–H and O–H groups in total. The van der Waals surface area contributed by atoms with Gasteiger partial charge in [-0.1, -0.05) is 6.07 Å². The predicted octanol–water partition coefficient (Wildman–Crippen LogP) is 3.89. The highest BCUT2D eigenvalue weighted by Gasteiger charge is 2.28. The van der Waals surface area contributed by atoms with Gasteiger partial charge in [0.05, 0.1) is 5.69 Å². The molecule has 2 aliphatic rings. The summed E-state index contributed by atoms with van der Waals surface area (Å²) in [6, 6.07) is 6.33. The Morgan fingerprint density at radius 3 is 2.91 bits per heavy atom.